The molecule has 25 heavy (non-hydrogen) atoms. The van der Waals surface area contributed by atoms with Crippen LogP contribution in [0.25, 0.3) is 0 Å². The quantitative estimate of drug-likeness (QED) is 0.731. The molecular formula is C20H22BrClN2O. The molecule has 0 bridgehead atoms. The number of nitrogens with zero attached hydrogens (tertiary/aromatic N) is 2. The fourth-order valence-corrected chi connectivity index (χ4v) is 3.51. The number of benzene rings is 2. The highest BCUT2D eigenvalue weighted by molar-refractivity contribution is 9.10. The molecule has 1 heterocycles. The third-order valence-corrected chi connectivity index (χ3v) is 5.31. The number of hydrogen-bond donors (Lipinski definition) is 0. The number of halogens is 2. The van der Waals surface area contributed by atoms with Crippen LogP contribution in [0, 0.1) is 0 Å². The fraction of sp³-hybridized carbons (Fsp3) is 0.350. The molecule has 0 saturated carbocycles. The van der Waals surface area contributed by atoms with Gasteiger partial charge in [0, 0.05) is 42.2 Å². The zero-order chi connectivity index (χ0) is 17.6. The van der Waals surface area contributed by atoms with Crippen LogP contribution in [0.4, 0.5) is 0 Å². The average Bonchev–Trinajstić information content (AvgIpc) is 2.85. The van der Waals surface area contributed by atoms with E-state index in [9.17, 15) is 4.79 Å². The van der Waals surface area contributed by atoms with Gasteiger partial charge in [-0.15, -0.1) is 0 Å². The predicted molar refractivity (Wildman–Crippen MR) is 106 cm³/mol. The maximum absolute atomic E-state index is 12.6. The second-order valence-corrected chi connectivity index (χ2v) is 7.79. The van der Waals surface area contributed by atoms with Gasteiger partial charge >= 0.3 is 0 Å². The molecule has 1 saturated heterocycles. The fourth-order valence-electron chi connectivity index (χ4n) is 3.12. The van der Waals surface area contributed by atoms with Gasteiger partial charge in [-0.3, -0.25) is 9.69 Å². The van der Waals surface area contributed by atoms with Gasteiger partial charge in [0.25, 0.3) is 0 Å². The summed E-state index contributed by atoms with van der Waals surface area (Å²) in [5.41, 5.74) is 2.33. The molecule has 2 aromatic rings. The summed E-state index contributed by atoms with van der Waals surface area (Å²) in [6.07, 6.45) is 1.49. The van der Waals surface area contributed by atoms with E-state index in [1.807, 2.05) is 41.3 Å². The molecule has 0 aromatic heterocycles. The summed E-state index contributed by atoms with van der Waals surface area (Å²) >= 11 is 9.38. The highest BCUT2D eigenvalue weighted by atomic mass is 79.9. The van der Waals surface area contributed by atoms with Gasteiger partial charge in [-0.1, -0.05) is 51.8 Å². The summed E-state index contributed by atoms with van der Waals surface area (Å²) in [5.74, 6) is 0.218. The molecule has 0 radical (unpaired) electrons. The van der Waals surface area contributed by atoms with Crippen molar-refractivity contribution in [3.8, 4) is 0 Å². The molecule has 3 nitrogen and oxygen atoms in total. The number of rotatable bonds is 4. The lowest BCUT2D eigenvalue weighted by molar-refractivity contribution is -0.130. The molecule has 0 spiro atoms. The van der Waals surface area contributed by atoms with Crippen molar-refractivity contribution in [2.24, 2.45) is 0 Å². The van der Waals surface area contributed by atoms with E-state index in [0.29, 0.717) is 6.42 Å². The van der Waals surface area contributed by atoms with Crippen LogP contribution in [-0.2, 0) is 17.8 Å². The normalized spacial score (nSPS) is 15.8. The first-order chi connectivity index (χ1) is 12.1. The molecule has 2 aromatic carbocycles. The Labute approximate surface area is 162 Å². The highest BCUT2D eigenvalue weighted by Gasteiger charge is 2.19. The predicted octanol–water partition coefficient (Wildman–Crippen LogP) is 4.38. The lowest BCUT2D eigenvalue weighted by Gasteiger charge is -2.22. The molecule has 0 atom stereocenters. The summed E-state index contributed by atoms with van der Waals surface area (Å²) in [6, 6.07) is 16.0. The Morgan fingerprint density at radius 1 is 0.920 bits per heavy atom. The molecule has 1 aliphatic rings. The zero-order valence-electron chi connectivity index (χ0n) is 14.1. The molecule has 132 valence electrons. The van der Waals surface area contributed by atoms with Gasteiger partial charge < -0.3 is 4.90 Å². The van der Waals surface area contributed by atoms with Crippen LogP contribution in [0.5, 0.6) is 0 Å². The minimum absolute atomic E-state index is 0.218. The van der Waals surface area contributed by atoms with Crippen LogP contribution in [0.1, 0.15) is 17.5 Å². The lowest BCUT2D eigenvalue weighted by atomic mass is 10.1. The largest absolute Gasteiger partial charge is 0.341 e. The van der Waals surface area contributed by atoms with E-state index in [4.69, 9.17) is 11.6 Å². The van der Waals surface area contributed by atoms with Crippen molar-refractivity contribution in [2.45, 2.75) is 19.4 Å². The van der Waals surface area contributed by atoms with E-state index in [-0.39, 0.29) is 5.91 Å². The van der Waals surface area contributed by atoms with Crippen molar-refractivity contribution in [2.75, 3.05) is 26.2 Å². The van der Waals surface area contributed by atoms with Gasteiger partial charge in [-0.05, 0) is 41.8 Å². The Bertz CT molecular complexity index is 703. The van der Waals surface area contributed by atoms with Crippen LogP contribution in [0.2, 0.25) is 5.02 Å². The van der Waals surface area contributed by atoms with Crippen molar-refractivity contribution in [3.05, 3.63) is 69.2 Å². The second kappa shape index (κ2) is 8.84. The third-order valence-electron chi connectivity index (χ3n) is 4.53. The maximum atomic E-state index is 12.6. The van der Waals surface area contributed by atoms with Crippen molar-refractivity contribution in [1.82, 2.24) is 9.80 Å². The van der Waals surface area contributed by atoms with Gasteiger partial charge in [0.05, 0.1) is 6.42 Å². The van der Waals surface area contributed by atoms with Gasteiger partial charge in [-0.25, -0.2) is 0 Å². The van der Waals surface area contributed by atoms with Crippen molar-refractivity contribution in [1.29, 1.82) is 0 Å². The summed E-state index contributed by atoms with van der Waals surface area (Å²) in [5, 5.41) is 0.768. The minimum Gasteiger partial charge on any atom is -0.341 e. The molecule has 1 amide bonds. The van der Waals surface area contributed by atoms with E-state index < -0.39 is 0 Å². The molecule has 0 aliphatic carbocycles. The lowest BCUT2D eigenvalue weighted by Crippen LogP contribution is -2.36. The summed E-state index contributed by atoms with van der Waals surface area (Å²) in [6.45, 7) is 4.47. The molecule has 3 rings (SSSR count). The summed E-state index contributed by atoms with van der Waals surface area (Å²) in [4.78, 5) is 17.0. The Balaban J connectivity index is 1.52. The third kappa shape index (κ3) is 5.56. The Morgan fingerprint density at radius 3 is 2.32 bits per heavy atom. The standard InChI is InChI=1S/C20H22BrClN2O/c21-18-6-2-16(3-7-18)14-20(25)24-11-1-10-23(12-13-24)15-17-4-8-19(22)9-5-17/h2-9H,1,10-15H2. The molecule has 0 N–H and O–H groups in total. The van der Waals surface area contributed by atoms with E-state index in [0.717, 1.165) is 54.2 Å². The number of carbonyl (C=O) groups is 1. The zero-order valence-corrected chi connectivity index (χ0v) is 16.5. The summed E-state index contributed by atoms with van der Waals surface area (Å²) < 4.78 is 1.04. The van der Waals surface area contributed by atoms with E-state index in [1.54, 1.807) is 0 Å². The first-order valence-corrected chi connectivity index (χ1v) is 9.76. The van der Waals surface area contributed by atoms with E-state index in [2.05, 4.69) is 33.0 Å². The van der Waals surface area contributed by atoms with Crippen molar-refractivity contribution in [3.63, 3.8) is 0 Å². The Morgan fingerprint density at radius 2 is 1.60 bits per heavy atom. The molecule has 1 aliphatic heterocycles. The minimum atomic E-state index is 0.218. The van der Waals surface area contributed by atoms with E-state index in [1.165, 1.54) is 5.56 Å². The van der Waals surface area contributed by atoms with Crippen LogP contribution in [-0.4, -0.2) is 41.9 Å². The smallest absolute Gasteiger partial charge is 0.227 e. The van der Waals surface area contributed by atoms with Crippen molar-refractivity contribution < 1.29 is 4.79 Å². The SMILES string of the molecule is O=C(Cc1ccc(Br)cc1)N1CCCN(Cc2ccc(Cl)cc2)CC1. The van der Waals surface area contributed by atoms with Crippen molar-refractivity contribution >= 4 is 33.4 Å². The van der Waals surface area contributed by atoms with Crippen LogP contribution in [0.15, 0.2) is 53.0 Å². The summed E-state index contributed by atoms with van der Waals surface area (Å²) in [7, 11) is 0. The Kier molecular flexibility index (Phi) is 6.51. The molecule has 5 heteroatoms. The molecule has 0 unspecified atom stereocenters. The molecule has 1 fully saturated rings. The number of amides is 1. The second-order valence-electron chi connectivity index (χ2n) is 6.44. The average molecular weight is 422 g/mol. The van der Waals surface area contributed by atoms with Gasteiger partial charge in [0.1, 0.15) is 0 Å². The highest BCUT2D eigenvalue weighted by Crippen LogP contribution is 2.15. The number of hydrogen-bond acceptors (Lipinski definition) is 2. The van der Waals surface area contributed by atoms with E-state index >= 15 is 0 Å². The maximum Gasteiger partial charge on any atom is 0.227 e. The van der Waals surface area contributed by atoms with Crippen LogP contribution < -0.4 is 0 Å². The monoisotopic (exact) mass is 420 g/mol. The van der Waals surface area contributed by atoms with Gasteiger partial charge in [0.2, 0.25) is 5.91 Å². The number of carbonyl (C=O) groups excluding carboxylic acids is 1. The van der Waals surface area contributed by atoms with Gasteiger partial charge in [0.15, 0.2) is 0 Å². The molecular weight excluding hydrogens is 400 g/mol. The van der Waals surface area contributed by atoms with Crippen LogP contribution >= 0.6 is 27.5 Å². The topological polar surface area (TPSA) is 23.6 Å². The Hall–Kier alpha value is -1.36. The first kappa shape index (κ1) is 18.4. The first-order valence-electron chi connectivity index (χ1n) is 8.59. The van der Waals surface area contributed by atoms with Crippen LogP contribution in [0.3, 0.4) is 0 Å². The van der Waals surface area contributed by atoms with Gasteiger partial charge in [-0.2, -0.15) is 0 Å².